The summed E-state index contributed by atoms with van der Waals surface area (Å²) in [4.78, 5) is 38.7. The van der Waals surface area contributed by atoms with Crippen LogP contribution in [0.1, 0.15) is 51.4 Å². The largest absolute Gasteiger partial charge is 0.354 e. The summed E-state index contributed by atoms with van der Waals surface area (Å²) in [5.74, 6) is 0.0734. The van der Waals surface area contributed by atoms with Crippen LogP contribution < -0.4 is 5.32 Å². The minimum atomic E-state index is -0.207. The molecule has 4 aliphatic rings. The van der Waals surface area contributed by atoms with Gasteiger partial charge >= 0.3 is 0 Å². The second kappa shape index (κ2) is 6.93. The molecule has 3 aliphatic carbocycles. The van der Waals surface area contributed by atoms with E-state index >= 15 is 0 Å². The Bertz CT molecular complexity index is 562. The van der Waals surface area contributed by atoms with Crippen molar-refractivity contribution in [2.75, 3.05) is 13.1 Å². The lowest BCUT2D eigenvalue weighted by Crippen LogP contribution is -2.43. The number of allylic oxidation sites excluding steroid dienone is 2. The third-order valence-electron chi connectivity index (χ3n) is 6.68. The Hall–Kier alpha value is -1.65. The first-order valence-corrected chi connectivity index (χ1v) is 9.95. The van der Waals surface area contributed by atoms with E-state index in [-0.39, 0.29) is 47.9 Å². The van der Waals surface area contributed by atoms with Crippen molar-refractivity contribution < 1.29 is 14.4 Å². The van der Waals surface area contributed by atoms with Gasteiger partial charge in [-0.3, -0.25) is 19.3 Å². The lowest BCUT2D eigenvalue weighted by atomic mass is 9.85. The van der Waals surface area contributed by atoms with Crippen molar-refractivity contribution in [3.05, 3.63) is 12.2 Å². The summed E-state index contributed by atoms with van der Waals surface area (Å²) in [5, 5.41) is 2.97. The average molecular weight is 344 g/mol. The maximum Gasteiger partial charge on any atom is 0.240 e. The predicted octanol–water partition coefficient (Wildman–Crippen LogP) is 2.27. The van der Waals surface area contributed by atoms with Crippen molar-refractivity contribution in [3.63, 3.8) is 0 Å². The third-order valence-corrected chi connectivity index (χ3v) is 6.68. The van der Waals surface area contributed by atoms with E-state index in [0.717, 1.165) is 6.42 Å². The standard InChI is InChI=1S/C20H28N2O3/c23-16(21-11-13-6-4-2-1-3-5-7-13)12-22-19(24)17-14-8-9-15(10-14)18(17)20(22)25/h8-9,13-15,17-18H,1-7,10-12H2,(H,21,23)/t14-,15-,17-,18-/m0/s1. The van der Waals surface area contributed by atoms with Crippen LogP contribution >= 0.6 is 0 Å². The molecule has 5 nitrogen and oxygen atoms in total. The molecule has 1 saturated heterocycles. The normalized spacial score (nSPS) is 35.0. The van der Waals surface area contributed by atoms with Gasteiger partial charge in [0.05, 0.1) is 11.8 Å². The smallest absolute Gasteiger partial charge is 0.240 e. The number of nitrogens with zero attached hydrogens (tertiary/aromatic N) is 1. The van der Waals surface area contributed by atoms with Crippen LogP contribution in [0.3, 0.4) is 0 Å². The van der Waals surface area contributed by atoms with Crippen LogP contribution in [0.25, 0.3) is 0 Å². The molecule has 1 aliphatic heterocycles. The first-order valence-electron chi connectivity index (χ1n) is 9.95. The molecule has 1 N–H and O–H groups in total. The fraction of sp³-hybridized carbons (Fsp3) is 0.750. The molecule has 4 atom stereocenters. The Balaban J connectivity index is 1.29. The van der Waals surface area contributed by atoms with Crippen LogP contribution in [0.15, 0.2) is 12.2 Å². The summed E-state index contributed by atoms with van der Waals surface area (Å²) in [5.41, 5.74) is 0. The van der Waals surface area contributed by atoms with Crippen LogP contribution in [0.5, 0.6) is 0 Å². The predicted molar refractivity (Wildman–Crippen MR) is 93.3 cm³/mol. The number of likely N-dealkylation sites (tertiary alicyclic amines) is 1. The molecule has 0 radical (unpaired) electrons. The van der Waals surface area contributed by atoms with Crippen LogP contribution in [0.2, 0.25) is 0 Å². The number of imide groups is 1. The monoisotopic (exact) mass is 344 g/mol. The van der Waals surface area contributed by atoms with Gasteiger partial charge in [-0.15, -0.1) is 0 Å². The van der Waals surface area contributed by atoms with Gasteiger partial charge in [0.25, 0.3) is 0 Å². The van der Waals surface area contributed by atoms with Crippen molar-refractivity contribution in [1.29, 1.82) is 0 Å². The van der Waals surface area contributed by atoms with E-state index in [9.17, 15) is 14.4 Å². The second-order valence-electron chi connectivity index (χ2n) is 8.28. The van der Waals surface area contributed by atoms with Crippen LogP contribution in [0.4, 0.5) is 0 Å². The molecule has 1 heterocycles. The Morgan fingerprint density at radius 3 is 2.12 bits per heavy atom. The summed E-state index contributed by atoms with van der Waals surface area (Å²) in [7, 11) is 0. The Labute approximate surface area is 149 Å². The molecule has 4 rings (SSSR count). The fourth-order valence-electron chi connectivity index (χ4n) is 5.32. The number of rotatable bonds is 4. The van der Waals surface area contributed by atoms with Gasteiger partial charge in [-0.05, 0) is 37.0 Å². The van der Waals surface area contributed by atoms with Gasteiger partial charge < -0.3 is 5.32 Å². The number of amides is 3. The Morgan fingerprint density at radius 1 is 0.960 bits per heavy atom. The molecule has 0 unspecified atom stereocenters. The van der Waals surface area contributed by atoms with Crippen molar-refractivity contribution in [2.45, 2.75) is 51.4 Å². The molecular formula is C20H28N2O3. The first kappa shape index (κ1) is 16.8. The lowest BCUT2D eigenvalue weighted by Gasteiger charge is -2.21. The zero-order chi connectivity index (χ0) is 17.4. The van der Waals surface area contributed by atoms with E-state index in [1.165, 1.54) is 49.8 Å². The highest BCUT2D eigenvalue weighted by Gasteiger charge is 2.59. The summed E-state index contributed by atoms with van der Waals surface area (Å²) in [6.45, 7) is 0.575. The highest BCUT2D eigenvalue weighted by Crippen LogP contribution is 2.52. The van der Waals surface area contributed by atoms with Gasteiger partial charge in [-0.25, -0.2) is 0 Å². The van der Waals surface area contributed by atoms with Crippen LogP contribution in [-0.2, 0) is 14.4 Å². The number of carbonyl (C=O) groups excluding carboxylic acids is 3. The van der Waals surface area contributed by atoms with Crippen molar-refractivity contribution in [2.24, 2.45) is 29.6 Å². The van der Waals surface area contributed by atoms with Gasteiger partial charge in [0.2, 0.25) is 17.7 Å². The van der Waals surface area contributed by atoms with Gasteiger partial charge in [0.1, 0.15) is 6.54 Å². The zero-order valence-electron chi connectivity index (χ0n) is 14.8. The minimum absolute atomic E-state index is 0.100. The summed E-state index contributed by atoms with van der Waals surface area (Å²) < 4.78 is 0. The molecule has 3 fully saturated rings. The maximum absolute atomic E-state index is 12.6. The Kier molecular flexibility index (Phi) is 4.65. The summed E-state index contributed by atoms with van der Waals surface area (Å²) in [6, 6.07) is 0. The van der Waals surface area contributed by atoms with Crippen molar-refractivity contribution >= 4 is 17.7 Å². The quantitative estimate of drug-likeness (QED) is 0.628. The molecular weight excluding hydrogens is 316 g/mol. The van der Waals surface area contributed by atoms with E-state index in [0.29, 0.717) is 12.5 Å². The SMILES string of the molecule is O=C(CN1C(=O)[C@@H]2[C@@H](C1=O)[C@H]1C=C[C@H]2C1)NCC1CCCCCCC1. The number of carbonyl (C=O) groups is 3. The molecule has 0 aromatic rings. The van der Waals surface area contributed by atoms with E-state index in [4.69, 9.17) is 0 Å². The van der Waals surface area contributed by atoms with E-state index in [1.807, 2.05) is 0 Å². The van der Waals surface area contributed by atoms with E-state index in [2.05, 4.69) is 17.5 Å². The summed E-state index contributed by atoms with van der Waals surface area (Å²) in [6.07, 6.45) is 13.8. The van der Waals surface area contributed by atoms with E-state index in [1.54, 1.807) is 0 Å². The molecule has 136 valence electrons. The average Bonchev–Trinajstić information content (AvgIpc) is 3.24. The summed E-state index contributed by atoms with van der Waals surface area (Å²) >= 11 is 0. The molecule has 0 spiro atoms. The van der Waals surface area contributed by atoms with Crippen LogP contribution in [-0.4, -0.2) is 35.7 Å². The number of fused-ring (bicyclic) bond motifs is 5. The van der Waals surface area contributed by atoms with Crippen molar-refractivity contribution in [1.82, 2.24) is 10.2 Å². The second-order valence-corrected chi connectivity index (χ2v) is 8.28. The van der Waals surface area contributed by atoms with Gasteiger partial charge in [-0.1, -0.05) is 44.3 Å². The highest BCUT2D eigenvalue weighted by atomic mass is 16.2. The van der Waals surface area contributed by atoms with Gasteiger partial charge in [0, 0.05) is 6.54 Å². The van der Waals surface area contributed by atoms with Crippen molar-refractivity contribution in [3.8, 4) is 0 Å². The molecule has 25 heavy (non-hydrogen) atoms. The molecule has 0 aromatic carbocycles. The third kappa shape index (κ3) is 3.13. The van der Waals surface area contributed by atoms with Crippen LogP contribution in [0, 0.1) is 29.6 Å². The number of hydrogen-bond donors (Lipinski definition) is 1. The molecule has 2 bridgehead atoms. The molecule has 5 heteroatoms. The van der Waals surface area contributed by atoms with Gasteiger partial charge in [-0.2, -0.15) is 0 Å². The Morgan fingerprint density at radius 2 is 1.52 bits per heavy atom. The number of nitrogens with one attached hydrogen (secondary N) is 1. The fourth-order valence-corrected chi connectivity index (χ4v) is 5.32. The molecule has 3 amide bonds. The molecule has 0 aromatic heterocycles. The first-order chi connectivity index (χ1) is 12.1. The van der Waals surface area contributed by atoms with Gasteiger partial charge in [0.15, 0.2) is 0 Å². The highest BCUT2D eigenvalue weighted by molar-refractivity contribution is 6.08. The molecule has 2 saturated carbocycles. The zero-order valence-corrected chi connectivity index (χ0v) is 14.8. The topological polar surface area (TPSA) is 66.5 Å². The minimum Gasteiger partial charge on any atom is -0.354 e. The maximum atomic E-state index is 12.6. The number of hydrogen-bond acceptors (Lipinski definition) is 3. The lowest BCUT2D eigenvalue weighted by molar-refractivity contribution is -0.144. The van der Waals surface area contributed by atoms with E-state index < -0.39 is 0 Å².